The Balaban J connectivity index is 1.53. The number of benzene rings is 2. The molecule has 1 saturated heterocycles. The van der Waals surface area contributed by atoms with Crippen molar-refractivity contribution in [2.45, 2.75) is 12.5 Å². The van der Waals surface area contributed by atoms with Crippen LogP contribution in [0.3, 0.4) is 0 Å². The van der Waals surface area contributed by atoms with Gasteiger partial charge in [0.05, 0.1) is 24.1 Å². The summed E-state index contributed by atoms with van der Waals surface area (Å²) < 4.78 is 7.31. The first-order valence-electron chi connectivity index (χ1n) is 8.62. The van der Waals surface area contributed by atoms with Gasteiger partial charge in [-0.05, 0) is 30.3 Å². The highest BCUT2D eigenvalue weighted by molar-refractivity contribution is 6.33. The summed E-state index contributed by atoms with van der Waals surface area (Å²) in [6.07, 6.45) is 2.46. The van der Waals surface area contributed by atoms with E-state index in [2.05, 4.69) is 5.10 Å². The molecule has 1 aliphatic heterocycles. The maximum Gasteiger partial charge on any atom is 0.292 e. The number of aromatic nitrogens is 2. The van der Waals surface area contributed by atoms with E-state index < -0.39 is 0 Å². The van der Waals surface area contributed by atoms with Gasteiger partial charge in [-0.15, -0.1) is 0 Å². The summed E-state index contributed by atoms with van der Waals surface area (Å²) in [6.45, 7) is 1.37. The van der Waals surface area contributed by atoms with Crippen molar-refractivity contribution in [3.05, 3.63) is 81.2 Å². The van der Waals surface area contributed by atoms with Crippen molar-refractivity contribution in [1.82, 2.24) is 9.78 Å². The van der Waals surface area contributed by atoms with Crippen LogP contribution in [0.25, 0.3) is 5.69 Å². The van der Waals surface area contributed by atoms with Gasteiger partial charge in [0.1, 0.15) is 16.9 Å². The van der Waals surface area contributed by atoms with Crippen LogP contribution in [0.2, 0.25) is 10.0 Å². The monoisotopic (exact) mass is 401 g/mol. The molecule has 1 aromatic heterocycles. The predicted molar refractivity (Wildman–Crippen MR) is 108 cm³/mol. The molecule has 1 unspecified atom stereocenters. The number of rotatable bonds is 4. The zero-order chi connectivity index (χ0) is 18.8. The van der Waals surface area contributed by atoms with Crippen LogP contribution < -0.4 is 15.2 Å². The number of nitrogens with zero attached hydrogens (tertiary/aromatic N) is 3. The van der Waals surface area contributed by atoms with Gasteiger partial charge >= 0.3 is 0 Å². The summed E-state index contributed by atoms with van der Waals surface area (Å²) in [7, 11) is 0. The fraction of sp³-hybridized carbons (Fsp3) is 0.200. The normalized spacial score (nSPS) is 16.5. The summed E-state index contributed by atoms with van der Waals surface area (Å²) in [6, 6.07) is 16.5. The molecule has 27 heavy (non-hydrogen) atoms. The van der Waals surface area contributed by atoms with Crippen molar-refractivity contribution < 1.29 is 4.74 Å². The Morgan fingerprint density at radius 1 is 1.07 bits per heavy atom. The van der Waals surface area contributed by atoms with Gasteiger partial charge in [0.25, 0.3) is 5.56 Å². The van der Waals surface area contributed by atoms with Crippen molar-refractivity contribution in [2.75, 3.05) is 18.0 Å². The average Bonchev–Trinajstić information content (AvgIpc) is 3.13. The van der Waals surface area contributed by atoms with Crippen LogP contribution in [0.4, 0.5) is 5.69 Å². The molecule has 5 nitrogen and oxygen atoms in total. The lowest BCUT2D eigenvalue weighted by Gasteiger charge is -2.20. The van der Waals surface area contributed by atoms with Crippen LogP contribution in [0, 0.1) is 0 Å². The number of ether oxygens (including phenoxy) is 1. The molecule has 2 heterocycles. The van der Waals surface area contributed by atoms with E-state index in [0.717, 1.165) is 18.7 Å². The molecule has 1 atom stereocenters. The summed E-state index contributed by atoms with van der Waals surface area (Å²) in [5.41, 5.74) is 0.977. The molecular weight excluding hydrogens is 385 g/mol. The minimum Gasteiger partial charge on any atom is -0.488 e. The van der Waals surface area contributed by atoms with Gasteiger partial charge < -0.3 is 9.64 Å². The van der Waals surface area contributed by atoms with E-state index in [9.17, 15) is 4.79 Å². The predicted octanol–water partition coefficient (Wildman–Crippen LogP) is 4.20. The third kappa shape index (κ3) is 3.80. The fourth-order valence-corrected chi connectivity index (χ4v) is 3.60. The van der Waals surface area contributed by atoms with Crippen molar-refractivity contribution in [3.8, 4) is 11.4 Å². The van der Waals surface area contributed by atoms with E-state index in [-0.39, 0.29) is 16.7 Å². The molecule has 0 spiro atoms. The second-order valence-corrected chi connectivity index (χ2v) is 7.14. The van der Waals surface area contributed by atoms with E-state index in [0.29, 0.717) is 22.9 Å². The lowest BCUT2D eigenvalue weighted by molar-refractivity contribution is 0.225. The summed E-state index contributed by atoms with van der Waals surface area (Å²) in [5.74, 6) is 0.734. The van der Waals surface area contributed by atoms with E-state index in [1.807, 2.05) is 53.4 Å². The average molecular weight is 402 g/mol. The molecule has 0 radical (unpaired) electrons. The topological polar surface area (TPSA) is 47.4 Å². The Hall–Kier alpha value is -2.50. The highest BCUT2D eigenvalue weighted by Crippen LogP contribution is 2.28. The van der Waals surface area contributed by atoms with Gasteiger partial charge in [-0.25, -0.2) is 0 Å². The molecule has 138 valence electrons. The fourth-order valence-electron chi connectivity index (χ4n) is 3.17. The molecule has 0 bridgehead atoms. The number of para-hydroxylation sites is 1. The molecule has 0 aliphatic carbocycles. The van der Waals surface area contributed by atoms with Gasteiger partial charge in [-0.1, -0.05) is 47.5 Å². The van der Waals surface area contributed by atoms with Crippen LogP contribution in [-0.4, -0.2) is 29.0 Å². The quantitative estimate of drug-likeness (QED) is 0.657. The standard InChI is InChI=1S/C20H17Cl2N3O2/c21-14-5-4-8-16(11-14)27-17-9-10-24(13-17)18-12-23-25(20(26)19(18)22)15-6-2-1-3-7-15/h1-8,11-12,17H,9-10,13H2. The second kappa shape index (κ2) is 7.62. The summed E-state index contributed by atoms with van der Waals surface area (Å²) in [5, 5.41) is 5.10. The first-order chi connectivity index (χ1) is 13.1. The summed E-state index contributed by atoms with van der Waals surface area (Å²) >= 11 is 12.4. The minimum absolute atomic E-state index is 0.00362. The van der Waals surface area contributed by atoms with Gasteiger partial charge in [-0.3, -0.25) is 4.79 Å². The highest BCUT2D eigenvalue weighted by Gasteiger charge is 2.27. The van der Waals surface area contributed by atoms with Crippen molar-refractivity contribution in [3.63, 3.8) is 0 Å². The highest BCUT2D eigenvalue weighted by atomic mass is 35.5. The van der Waals surface area contributed by atoms with Gasteiger partial charge in [-0.2, -0.15) is 9.78 Å². The van der Waals surface area contributed by atoms with Crippen molar-refractivity contribution in [1.29, 1.82) is 0 Å². The van der Waals surface area contributed by atoms with Gasteiger partial charge in [0.2, 0.25) is 0 Å². The Kier molecular flexibility index (Phi) is 5.05. The van der Waals surface area contributed by atoms with E-state index in [1.54, 1.807) is 12.3 Å². The minimum atomic E-state index is -0.334. The Labute approximate surface area is 166 Å². The first-order valence-corrected chi connectivity index (χ1v) is 9.38. The van der Waals surface area contributed by atoms with E-state index in [1.165, 1.54) is 4.68 Å². The van der Waals surface area contributed by atoms with Crippen LogP contribution in [0.5, 0.6) is 5.75 Å². The molecule has 0 saturated carbocycles. The Bertz CT molecular complexity index is 1010. The molecule has 0 N–H and O–H groups in total. The third-order valence-electron chi connectivity index (χ3n) is 4.49. The molecule has 7 heteroatoms. The number of hydrogen-bond acceptors (Lipinski definition) is 4. The maximum atomic E-state index is 12.7. The molecule has 3 aromatic rings. The zero-order valence-electron chi connectivity index (χ0n) is 14.4. The Morgan fingerprint density at radius 3 is 2.67 bits per heavy atom. The third-order valence-corrected chi connectivity index (χ3v) is 5.08. The molecular formula is C20H17Cl2N3O2. The largest absolute Gasteiger partial charge is 0.488 e. The van der Waals surface area contributed by atoms with Crippen LogP contribution >= 0.6 is 23.2 Å². The lowest BCUT2D eigenvalue weighted by atomic mass is 10.3. The van der Waals surface area contributed by atoms with Gasteiger partial charge in [0.15, 0.2) is 0 Å². The van der Waals surface area contributed by atoms with Crippen LogP contribution in [0.1, 0.15) is 6.42 Å². The first kappa shape index (κ1) is 17.9. The molecule has 2 aromatic carbocycles. The molecule has 1 aliphatic rings. The van der Waals surface area contributed by atoms with Crippen molar-refractivity contribution >= 4 is 28.9 Å². The van der Waals surface area contributed by atoms with E-state index >= 15 is 0 Å². The second-order valence-electron chi connectivity index (χ2n) is 6.33. The lowest BCUT2D eigenvalue weighted by Crippen LogP contribution is -2.29. The molecule has 4 rings (SSSR count). The number of halogens is 2. The zero-order valence-corrected chi connectivity index (χ0v) is 15.9. The maximum absolute atomic E-state index is 12.7. The SMILES string of the molecule is O=c1c(Cl)c(N2CCC(Oc3cccc(Cl)c3)C2)cnn1-c1ccccc1. The smallest absolute Gasteiger partial charge is 0.292 e. The van der Waals surface area contributed by atoms with Crippen LogP contribution in [0.15, 0.2) is 65.6 Å². The molecule has 0 amide bonds. The van der Waals surface area contributed by atoms with Crippen molar-refractivity contribution in [2.24, 2.45) is 0 Å². The van der Waals surface area contributed by atoms with Gasteiger partial charge in [0, 0.05) is 18.0 Å². The van der Waals surface area contributed by atoms with E-state index in [4.69, 9.17) is 27.9 Å². The summed E-state index contributed by atoms with van der Waals surface area (Å²) in [4.78, 5) is 14.7. The molecule has 1 fully saturated rings. The van der Waals surface area contributed by atoms with Crippen LogP contribution in [-0.2, 0) is 0 Å². The Morgan fingerprint density at radius 2 is 1.89 bits per heavy atom. The number of hydrogen-bond donors (Lipinski definition) is 0. The number of anilines is 1.